The lowest BCUT2D eigenvalue weighted by atomic mass is 10.1. The number of nitro groups is 1. The molecule has 0 aromatic heterocycles. The average molecular weight is 256 g/mol. The molecule has 0 bridgehead atoms. The van der Waals surface area contributed by atoms with Crippen LogP contribution in [0.2, 0.25) is 0 Å². The van der Waals surface area contributed by atoms with E-state index in [9.17, 15) is 19.6 Å². The van der Waals surface area contributed by atoms with Gasteiger partial charge in [0.25, 0.3) is 0 Å². The molecule has 0 spiro atoms. The van der Waals surface area contributed by atoms with Gasteiger partial charge < -0.3 is 10.4 Å². The third-order valence-corrected chi connectivity index (χ3v) is 2.70. The minimum absolute atomic E-state index is 0.212. The molecule has 6 heteroatoms. The van der Waals surface area contributed by atoms with E-state index in [1.54, 1.807) is 0 Å². The lowest BCUT2D eigenvalue weighted by molar-refractivity contribution is -0.387. The van der Waals surface area contributed by atoms with Crippen LogP contribution in [0, 0.1) is 15.9 Å². The monoisotopic (exact) mass is 256 g/mol. The summed E-state index contributed by atoms with van der Waals surface area (Å²) >= 11 is 0. The van der Waals surface area contributed by atoms with Crippen molar-refractivity contribution in [2.45, 2.75) is 32.4 Å². The number of aliphatic hydroxyl groups excluding tert-OH is 1. The fourth-order valence-corrected chi connectivity index (χ4v) is 1.54. The summed E-state index contributed by atoms with van der Waals surface area (Å²) in [4.78, 5) is 9.81. The van der Waals surface area contributed by atoms with Crippen molar-refractivity contribution >= 4 is 5.69 Å². The van der Waals surface area contributed by atoms with E-state index in [1.165, 1.54) is 12.1 Å². The van der Waals surface area contributed by atoms with Gasteiger partial charge in [0.05, 0.1) is 11.0 Å². The molecule has 0 heterocycles. The molecule has 0 fully saturated rings. The van der Waals surface area contributed by atoms with Crippen LogP contribution in [0.5, 0.6) is 0 Å². The fraction of sp³-hybridized carbons (Fsp3) is 0.500. The molecule has 0 radical (unpaired) electrons. The maximum atomic E-state index is 13.6. The highest BCUT2D eigenvalue weighted by Crippen LogP contribution is 2.19. The Morgan fingerprint density at radius 1 is 1.56 bits per heavy atom. The number of hydrogen-bond acceptors (Lipinski definition) is 4. The minimum atomic E-state index is -0.800. The third kappa shape index (κ3) is 4.05. The van der Waals surface area contributed by atoms with Gasteiger partial charge in [0.1, 0.15) is 0 Å². The summed E-state index contributed by atoms with van der Waals surface area (Å²) in [6.07, 6.45) is 0.882. The standard InChI is InChI=1S/C12H17FN2O3/c1-2-10(16)6-7-14-8-9-4-3-5-11(12(9)13)15(17)18/h3-5,10,14,16H,2,6-8H2,1H3. The molecule has 1 rings (SSSR count). The van der Waals surface area contributed by atoms with Crippen LogP contribution in [0.1, 0.15) is 25.3 Å². The molecular formula is C12H17FN2O3. The second-order valence-electron chi connectivity index (χ2n) is 4.03. The lowest BCUT2D eigenvalue weighted by Crippen LogP contribution is -2.20. The van der Waals surface area contributed by atoms with Crippen LogP contribution in [-0.2, 0) is 6.54 Å². The smallest absolute Gasteiger partial charge is 0.305 e. The van der Waals surface area contributed by atoms with E-state index >= 15 is 0 Å². The predicted molar refractivity (Wildman–Crippen MR) is 65.7 cm³/mol. The largest absolute Gasteiger partial charge is 0.393 e. The van der Waals surface area contributed by atoms with Crippen molar-refractivity contribution in [3.63, 3.8) is 0 Å². The van der Waals surface area contributed by atoms with E-state index < -0.39 is 16.4 Å². The second-order valence-corrected chi connectivity index (χ2v) is 4.03. The Morgan fingerprint density at radius 3 is 2.89 bits per heavy atom. The fourth-order valence-electron chi connectivity index (χ4n) is 1.54. The van der Waals surface area contributed by atoms with Gasteiger partial charge in [0.2, 0.25) is 5.82 Å². The molecule has 0 amide bonds. The van der Waals surface area contributed by atoms with Crippen LogP contribution in [-0.4, -0.2) is 22.7 Å². The van der Waals surface area contributed by atoms with Gasteiger partial charge in [0.15, 0.2) is 0 Å². The third-order valence-electron chi connectivity index (χ3n) is 2.70. The van der Waals surface area contributed by atoms with Gasteiger partial charge in [-0.3, -0.25) is 10.1 Å². The Hall–Kier alpha value is -1.53. The number of nitro benzene ring substituents is 1. The quantitative estimate of drug-likeness (QED) is 0.444. The van der Waals surface area contributed by atoms with Crippen LogP contribution in [0.3, 0.4) is 0 Å². The molecular weight excluding hydrogens is 239 g/mol. The summed E-state index contributed by atoms with van der Waals surface area (Å²) in [5.41, 5.74) is -0.252. The van der Waals surface area contributed by atoms with Gasteiger partial charge in [-0.25, -0.2) is 0 Å². The van der Waals surface area contributed by atoms with Crippen molar-refractivity contribution in [2.24, 2.45) is 0 Å². The maximum absolute atomic E-state index is 13.6. The SMILES string of the molecule is CCC(O)CCNCc1cccc([N+](=O)[O-])c1F. The van der Waals surface area contributed by atoms with Crippen molar-refractivity contribution < 1.29 is 14.4 Å². The molecule has 0 saturated heterocycles. The van der Waals surface area contributed by atoms with Gasteiger partial charge >= 0.3 is 5.69 Å². The van der Waals surface area contributed by atoms with Crippen molar-refractivity contribution in [1.29, 1.82) is 0 Å². The molecule has 1 aromatic carbocycles. The van der Waals surface area contributed by atoms with E-state index in [2.05, 4.69) is 5.32 Å². The number of halogens is 1. The molecule has 100 valence electrons. The first-order valence-electron chi connectivity index (χ1n) is 5.86. The number of benzene rings is 1. The molecule has 2 N–H and O–H groups in total. The van der Waals surface area contributed by atoms with Crippen LogP contribution < -0.4 is 5.32 Å². The predicted octanol–water partition coefficient (Wildman–Crippen LogP) is 1.98. The molecule has 1 unspecified atom stereocenters. The molecule has 1 atom stereocenters. The highest BCUT2D eigenvalue weighted by Gasteiger charge is 2.16. The van der Waals surface area contributed by atoms with E-state index in [1.807, 2.05) is 6.92 Å². The summed E-state index contributed by atoms with van der Waals surface area (Å²) < 4.78 is 13.6. The van der Waals surface area contributed by atoms with E-state index in [-0.39, 0.29) is 18.2 Å². The number of hydrogen-bond donors (Lipinski definition) is 2. The van der Waals surface area contributed by atoms with Gasteiger partial charge in [0, 0.05) is 18.2 Å². The highest BCUT2D eigenvalue weighted by molar-refractivity contribution is 5.36. The first-order valence-corrected chi connectivity index (χ1v) is 5.86. The minimum Gasteiger partial charge on any atom is -0.393 e. The van der Waals surface area contributed by atoms with E-state index in [0.717, 1.165) is 6.07 Å². The summed E-state index contributed by atoms with van der Waals surface area (Å²) in [6, 6.07) is 4.10. The maximum Gasteiger partial charge on any atom is 0.305 e. The summed E-state index contributed by atoms with van der Waals surface area (Å²) in [5.74, 6) is -0.800. The van der Waals surface area contributed by atoms with Gasteiger partial charge in [-0.2, -0.15) is 4.39 Å². The average Bonchev–Trinajstić information content (AvgIpc) is 2.35. The Kier molecular flexibility index (Phi) is 5.67. The first-order chi connectivity index (χ1) is 8.56. The molecule has 5 nitrogen and oxygen atoms in total. The Balaban J connectivity index is 2.53. The Labute approximate surface area is 105 Å². The lowest BCUT2D eigenvalue weighted by Gasteiger charge is -2.09. The Morgan fingerprint density at radius 2 is 2.28 bits per heavy atom. The van der Waals surface area contributed by atoms with Gasteiger partial charge in [-0.05, 0) is 19.4 Å². The van der Waals surface area contributed by atoms with E-state index in [0.29, 0.717) is 19.4 Å². The van der Waals surface area contributed by atoms with Gasteiger partial charge in [-0.1, -0.05) is 19.1 Å². The van der Waals surface area contributed by atoms with Crippen LogP contribution in [0.25, 0.3) is 0 Å². The molecule has 0 aliphatic carbocycles. The van der Waals surface area contributed by atoms with Crippen LogP contribution in [0.15, 0.2) is 18.2 Å². The zero-order chi connectivity index (χ0) is 13.5. The second kappa shape index (κ2) is 7.03. The normalized spacial score (nSPS) is 12.4. The highest BCUT2D eigenvalue weighted by atomic mass is 19.1. The zero-order valence-corrected chi connectivity index (χ0v) is 10.2. The zero-order valence-electron chi connectivity index (χ0n) is 10.2. The van der Waals surface area contributed by atoms with Gasteiger partial charge in [-0.15, -0.1) is 0 Å². The number of nitrogens with zero attached hydrogens (tertiary/aromatic N) is 1. The molecule has 0 saturated carbocycles. The molecule has 0 aliphatic heterocycles. The van der Waals surface area contributed by atoms with Crippen molar-refractivity contribution in [2.75, 3.05) is 6.54 Å². The topological polar surface area (TPSA) is 75.4 Å². The van der Waals surface area contributed by atoms with Crippen LogP contribution >= 0.6 is 0 Å². The molecule has 1 aromatic rings. The summed E-state index contributed by atoms with van der Waals surface area (Å²) in [5, 5.41) is 22.8. The summed E-state index contributed by atoms with van der Waals surface area (Å²) in [7, 11) is 0. The van der Waals surface area contributed by atoms with Crippen molar-refractivity contribution in [1.82, 2.24) is 5.32 Å². The van der Waals surface area contributed by atoms with Crippen LogP contribution in [0.4, 0.5) is 10.1 Å². The van der Waals surface area contributed by atoms with Crippen molar-refractivity contribution in [3.8, 4) is 0 Å². The first kappa shape index (κ1) is 14.5. The molecule has 0 aliphatic rings. The number of rotatable bonds is 7. The van der Waals surface area contributed by atoms with Crippen molar-refractivity contribution in [3.05, 3.63) is 39.7 Å². The number of aliphatic hydroxyl groups is 1. The number of nitrogens with one attached hydrogen (secondary N) is 1. The Bertz CT molecular complexity index is 412. The molecule has 18 heavy (non-hydrogen) atoms. The summed E-state index contributed by atoms with van der Waals surface area (Å²) in [6.45, 7) is 2.63. The van der Waals surface area contributed by atoms with E-state index in [4.69, 9.17) is 0 Å².